The smallest absolute Gasteiger partial charge is 0.344 e. The summed E-state index contributed by atoms with van der Waals surface area (Å²) in [5, 5.41) is 1.28. The van der Waals surface area contributed by atoms with Crippen LogP contribution in [-0.2, 0) is 41.3 Å². The Labute approximate surface area is 195 Å². The molecule has 0 saturated carbocycles. The van der Waals surface area contributed by atoms with Gasteiger partial charge in [0.1, 0.15) is 0 Å². The Morgan fingerprint density at radius 3 is 1.82 bits per heavy atom. The van der Waals surface area contributed by atoms with Crippen molar-refractivity contribution in [2.75, 3.05) is 13.2 Å². The van der Waals surface area contributed by atoms with Crippen molar-refractivity contribution in [1.82, 2.24) is 5.32 Å². The summed E-state index contributed by atoms with van der Waals surface area (Å²) in [5.74, 6) is -2.47. The third-order valence-electron chi connectivity index (χ3n) is 6.01. The summed E-state index contributed by atoms with van der Waals surface area (Å²) in [6.45, 7) is 7.86. The Bertz CT molecular complexity index is 857. The summed E-state index contributed by atoms with van der Waals surface area (Å²) in [7, 11) is -4.37. The highest BCUT2D eigenvalue weighted by atomic mass is 31.2. The molecule has 0 atom stereocenters. The highest BCUT2D eigenvalue weighted by molar-refractivity contribution is 7.53. The Kier molecular flexibility index (Phi) is 10.7. The van der Waals surface area contributed by atoms with Crippen LogP contribution in [0.5, 0.6) is 0 Å². The number of rotatable bonds is 13. The van der Waals surface area contributed by atoms with E-state index < -0.39 is 36.1 Å². The first-order valence-corrected chi connectivity index (χ1v) is 12.8. The van der Waals surface area contributed by atoms with Crippen molar-refractivity contribution in [1.29, 1.82) is 0 Å². The molecule has 1 rings (SSSR count). The van der Waals surface area contributed by atoms with Crippen LogP contribution in [-0.4, -0.2) is 51.5 Å². The number of aryl methyl sites for hydroxylation is 1. The maximum atomic E-state index is 12.9. The van der Waals surface area contributed by atoms with Crippen LogP contribution in [0.2, 0.25) is 0 Å². The van der Waals surface area contributed by atoms with Crippen LogP contribution in [0.25, 0.3) is 0 Å². The minimum Gasteiger partial charge on any atom is -0.464 e. The normalized spacial score (nSPS) is 12.2. The number of carbonyl (C=O) groups excluding carboxylic acids is 3. The van der Waals surface area contributed by atoms with Crippen molar-refractivity contribution in [3.05, 3.63) is 35.4 Å². The number of carbonyl (C=O) groups is 3. The van der Waals surface area contributed by atoms with Crippen LogP contribution in [0.3, 0.4) is 0 Å². The van der Waals surface area contributed by atoms with Gasteiger partial charge in [0, 0.05) is 13.3 Å². The molecule has 0 spiro atoms. The highest BCUT2D eigenvalue weighted by Crippen LogP contribution is 2.56. The van der Waals surface area contributed by atoms with Gasteiger partial charge in [-0.3, -0.25) is 9.36 Å². The molecule has 0 aromatic heterocycles. The molecule has 0 saturated heterocycles. The molecule has 10 heteroatoms. The molecular formula is C23H36NO8P. The lowest BCUT2D eigenvalue weighted by Crippen LogP contribution is -2.62. The molecule has 1 aromatic rings. The maximum Gasteiger partial charge on any atom is 0.344 e. The lowest BCUT2D eigenvalue weighted by molar-refractivity contribution is -0.168. The molecule has 3 N–H and O–H groups in total. The molecule has 186 valence electrons. The van der Waals surface area contributed by atoms with E-state index in [9.17, 15) is 28.7 Å². The molecule has 0 bridgehead atoms. The maximum absolute atomic E-state index is 12.9. The number of amides is 1. The largest absolute Gasteiger partial charge is 0.464 e. The van der Waals surface area contributed by atoms with Gasteiger partial charge in [0.15, 0.2) is 0 Å². The summed E-state index contributed by atoms with van der Waals surface area (Å²) in [6, 6.07) is 6.98. The first kappa shape index (κ1) is 28.8. The number of ether oxygens (including phenoxy) is 2. The van der Waals surface area contributed by atoms with E-state index in [1.54, 1.807) is 52.0 Å². The van der Waals surface area contributed by atoms with E-state index in [1.165, 1.54) is 6.92 Å². The number of hydrogen-bond donors (Lipinski definition) is 3. The average molecular weight is 486 g/mol. The van der Waals surface area contributed by atoms with Crippen LogP contribution in [0.1, 0.15) is 65.0 Å². The van der Waals surface area contributed by atoms with E-state index in [2.05, 4.69) is 5.32 Å². The first-order chi connectivity index (χ1) is 15.4. The molecule has 0 aliphatic heterocycles. The van der Waals surface area contributed by atoms with Crippen LogP contribution in [0.15, 0.2) is 24.3 Å². The monoisotopic (exact) mass is 485 g/mol. The number of nitrogens with one attached hydrogen (secondary N) is 1. The Hall–Kier alpha value is -2.22. The van der Waals surface area contributed by atoms with Crippen molar-refractivity contribution in [2.24, 2.45) is 0 Å². The fourth-order valence-corrected chi connectivity index (χ4v) is 5.20. The van der Waals surface area contributed by atoms with Crippen molar-refractivity contribution < 1.29 is 38.2 Å². The van der Waals surface area contributed by atoms with Crippen molar-refractivity contribution in [2.45, 2.75) is 77.4 Å². The fraction of sp³-hybridized carbons (Fsp3) is 0.609. The molecule has 0 radical (unpaired) electrons. The predicted octanol–water partition coefficient (Wildman–Crippen LogP) is 2.90. The zero-order chi connectivity index (χ0) is 25.3. The topological polar surface area (TPSA) is 139 Å². The van der Waals surface area contributed by atoms with E-state index in [-0.39, 0.29) is 26.1 Å². The highest BCUT2D eigenvalue weighted by Gasteiger charge is 2.50. The summed E-state index contributed by atoms with van der Waals surface area (Å²) in [4.78, 5) is 57.8. The van der Waals surface area contributed by atoms with Gasteiger partial charge in [-0.25, -0.2) is 9.59 Å². The predicted molar refractivity (Wildman–Crippen MR) is 124 cm³/mol. The first-order valence-electron chi connectivity index (χ1n) is 11.2. The molecule has 33 heavy (non-hydrogen) atoms. The van der Waals surface area contributed by atoms with Gasteiger partial charge >= 0.3 is 19.5 Å². The van der Waals surface area contributed by atoms with Gasteiger partial charge in [-0.05, 0) is 50.7 Å². The van der Waals surface area contributed by atoms with Crippen molar-refractivity contribution in [3.63, 3.8) is 0 Å². The number of esters is 2. The standard InChI is InChI=1S/C23H36NO8P/c1-6-22(7-2,33(28,29)30)15-14-18-12-10-11-13-19(18)16-23(24-17(5)25,20(26)31-8-3)21(27)32-9-4/h10-13H,6-9,14-16H2,1-5H3,(H,24,25)(H2,28,29,30). The van der Waals surface area contributed by atoms with Crippen LogP contribution in [0, 0.1) is 0 Å². The number of hydrogen-bond acceptors (Lipinski definition) is 6. The third-order valence-corrected chi connectivity index (χ3v) is 8.10. The zero-order valence-electron chi connectivity index (χ0n) is 20.1. The SMILES string of the molecule is CCOC(=O)C(Cc1ccccc1CCC(CC)(CC)P(=O)(O)O)(NC(C)=O)C(=O)OCC. The Morgan fingerprint density at radius 2 is 1.42 bits per heavy atom. The van der Waals surface area contributed by atoms with E-state index in [0.717, 1.165) is 0 Å². The summed E-state index contributed by atoms with van der Waals surface area (Å²) < 4.78 is 22.5. The Balaban J connectivity index is 3.46. The summed E-state index contributed by atoms with van der Waals surface area (Å²) >= 11 is 0. The molecule has 0 fully saturated rings. The molecule has 1 amide bonds. The van der Waals surface area contributed by atoms with Gasteiger partial charge in [0.25, 0.3) is 0 Å². The van der Waals surface area contributed by atoms with Gasteiger partial charge in [-0.1, -0.05) is 38.1 Å². The molecule has 0 unspecified atom stereocenters. The molecule has 0 heterocycles. The van der Waals surface area contributed by atoms with E-state index in [1.807, 2.05) is 0 Å². The Morgan fingerprint density at radius 1 is 0.939 bits per heavy atom. The molecule has 1 aromatic carbocycles. The second kappa shape index (κ2) is 12.3. The third kappa shape index (κ3) is 6.88. The van der Waals surface area contributed by atoms with Crippen LogP contribution < -0.4 is 5.32 Å². The summed E-state index contributed by atoms with van der Waals surface area (Å²) in [6.07, 6.45) is 0.911. The van der Waals surface area contributed by atoms with Crippen LogP contribution >= 0.6 is 7.60 Å². The van der Waals surface area contributed by atoms with Gasteiger partial charge in [0.05, 0.1) is 18.4 Å². The minimum absolute atomic E-state index is 0.000967. The quantitative estimate of drug-likeness (QED) is 0.220. The van der Waals surface area contributed by atoms with Crippen LogP contribution in [0.4, 0.5) is 0 Å². The molecule has 0 aliphatic rings. The zero-order valence-corrected chi connectivity index (χ0v) is 20.9. The van der Waals surface area contributed by atoms with E-state index in [0.29, 0.717) is 30.4 Å². The van der Waals surface area contributed by atoms with E-state index in [4.69, 9.17) is 9.47 Å². The van der Waals surface area contributed by atoms with E-state index >= 15 is 0 Å². The average Bonchev–Trinajstić information content (AvgIpc) is 2.74. The van der Waals surface area contributed by atoms with Crippen molar-refractivity contribution >= 4 is 25.4 Å². The molecule has 0 aliphatic carbocycles. The van der Waals surface area contributed by atoms with Crippen molar-refractivity contribution in [3.8, 4) is 0 Å². The molecular weight excluding hydrogens is 449 g/mol. The lowest BCUT2D eigenvalue weighted by atomic mass is 9.85. The lowest BCUT2D eigenvalue weighted by Gasteiger charge is -2.33. The second-order valence-electron chi connectivity index (χ2n) is 7.95. The number of benzene rings is 1. The van der Waals surface area contributed by atoms with Gasteiger partial charge in [0.2, 0.25) is 11.4 Å². The minimum atomic E-state index is -4.37. The molecule has 9 nitrogen and oxygen atoms in total. The van der Waals surface area contributed by atoms with Gasteiger partial charge in [-0.2, -0.15) is 0 Å². The fourth-order valence-electron chi connectivity index (χ4n) is 3.97. The second-order valence-corrected chi connectivity index (χ2v) is 9.99. The van der Waals surface area contributed by atoms with Gasteiger partial charge in [-0.15, -0.1) is 0 Å². The summed E-state index contributed by atoms with van der Waals surface area (Å²) in [5.41, 5.74) is -0.802. The van der Waals surface area contributed by atoms with Gasteiger partial charge < -0.3 is 24.6 Å².